The third-order valence-corrected chi connectivity index (χ3v) is 2.22. The number of rotatable bonds is 4. The molecule has 0 radical (unpaired) electrons. The minimum Gasteiger partial charge on any atom is -0.387 e. The van der Waals surface area contributed by atoms with Crippen molar-refractivity contribution in [2.45, 2.75) is 6.92 Å². The van der Waals surface area contributed by atoms with Crippen LogP contribution in [0.1, 0.15) is 6.92 Å². The van der Waals surface area contributed by atoms with E-state index in [0.717, 1.165) is 11.4 Å². The Bertz CT molecular complexity index is 356. The van der Waals surface area contributed by atoms with Crippen LogP contribution in [0.15, 0.2) is 18.5 Å². The molecule has 0 bridgehead atoms. The van der Waals surface area contributed by atoms with Crippen LogP contribution in [0.25, 0.3) is 0 Å². The van der Waals surface area contributed by atoms with Crippen molar-refractivity contribution in [1.82, 2.24) is 4.98 Å². The largest absolute Gasteiger partial charge is 0.387 e. The molecule has 0 amide bonds. The van der Waals surface area contributed by atoms with E-state index in [0.29, 0.717) is 6.54 Å². The van der Waals surface area contributed by atoms with Gasteiger partial charge in [-0.05, 0) is 13.0 Å². The van der Waals surface area contributed by atoms with Gasteiger partial charge in [-0.3, -0.25) is 4.98 Å². The molecule has 1 unspecified atom stereocenters. The first-order valence-corrected chi connectivity index (χ1v) is 4.91. The molecule has 15 heavy (non-hydrogen) atoms. The molecule has 0 aliphatic rings. The van der Waals surface area contributed by atoms with Crippen LogP contribution in [0, 0.1) is 17.2 Å². The number of anilines is 2. The van der Waals surface area contributed by atoms with Crippen LogP contribution in [0.4, 0.5) is 11.4 Å². The molecule has 1 aromatic heterocycles. The number of nitriles is 1. The van der Waals surface area contributed by atoms with Crippen LogP contribution in [0.5, 0.6) is 0 Å². The molecule has 80 valence electrons. The molecule has 1 N–H and O–H groups in total. The molecule has 0 spiro atoms. The predicted octanol–water partition coefficient (Wildman–Crippen LogP) is 1.72. The molecule has 1 heterocycles. The second-order valence-electron chi connectivity index (χ2n) is 3.59. The van der Waals surface area contributed by atoms with E-state index in [1.807, 2.05) is 32.0 Å². The number of aromatic nitrogens is 1. The zero-order chi connectivity index (χ0) is 11.3. The summed E-state index contributed by atoms with van der Waals surface area (Å²) < 4.78 is 0. The zero-order valence-electron chi connectivity index (χ0n) is 9.36. The Morgan fingerprint density at radius 2 is 2.33 bits per heavy atom. The van der Waals surface area contributed by atoms with Crippen molar-refractivity contribution in [1.29, 1.82) is 5.26 Å². The summed E-state index contributed by atoms with van der Waals surface area (Å²) in [6, 6.07) is 4.23. The van der Waals surface area contributed by atoms with Crippen molar-refractivity contribution in [3.8, 4) is 6.07 Å². The van der Waals surface area contributed by atoms with Crippen molar-refractivity contribution < 1.29 is 0 Å². The van der Waals surface area contributed by atoms with E-state index in [-0.39, 0.29) is 5.92 Å². The molecule has 0 fully saturated rings. The standard InChI is InChI=1S/C11H16N4/c1-9(5-12)8-15(3)11-4-10(13-2)6-14-7-11/h4,6-7,9,13H,8H2,1-3H3. The van der Waals surface area contributed by atoms with Gasteiger partial charge in [0.1, 0.15) is 0 Å². The summed E-state index contributed by atoms with van der Waals surface area (Å²) in [5, 5.41) is 11.8. The van der Waals surface area contributed by atoms with E-state index < -0.39 is 0 Å². The fraction of sp³-hybridized carbons (Fsp3) is 0.455. The second-order valence-corrected chi connectivity index (χ2v) is 3.59. The molecule has 1 atom stereocenters. The fourth-order valence-electron chi connectivity index (χ4n) is 1.33. The summed E-state index contributed by atoms with van der Waals surface area (Å²) >= 11 is 0. The lowest BCUT2D eigenvalue weighted by Gasteiger charge is -2.20. The Kier molecular flexibility index (Phi) is 3.92. The van der Waals surface area contributed by atoms with Crippen molar-refractivity contribution in [3.05, 3.63) is 18.5 Å². The van der Waals surface area contributed by atoms with E-state index >= 15 is 0 Å². The van der Waals surface area contributed by atoms with Crippen molar-refractivity contribution in [3.63, 3.8) is 0 Å². The van der Waals surface area contributed by atoms with Crippen LogP contribution in [-0.4, -0.2) is 25.6 Å². The quantitative estimate of drug-likeness (QED) is 0.811. The smallest absolute Gasteiger partial charge is 0.0671 e. The molecule has 0 aromatic carbocycles. The van der Waals surface area contributed by atoms with Crippen LogP contribution in [0.2, 0.25) is 0 Å². The predicted molar refractivity (Wildman–Crippen MR) is 61.8 cm³/mol. The third-order valence-electron chi connectivity index (χ3n) is 2.22. The van der Waals surface area contributed by atoms with Gasteiger partial charge in [0.25, 0.3) is 0 Å². The Labute approximate surface area is 90.5 Å². The molecule has 0 saturated carbocycles. The van der Waals surface area contributed by atoms with Gasteiger partial charge < -0.3 is 10.2 Å². The van der Waals surface area contributed by atoms with Gasteiger partial charge in [0, 0.05) is 20.6 Å². The van der Waals surface area contributed by atoms with Gasteiger partial charge in [0.15, 0.2) is 0 Å². The Hall–Kier alpha value is -1.76. The van der Waals surface area contributed by atoms with E-state index in [1.165, 1.54) is 0 Å². The van der Waals surface area contributed by atoms with Crippen molar-refractivity contribution in [2.75, 3.05) is 30.9 Å². The highest BCUT2D eigenvalue weighted by atomic mass is 15.1. The zero-order valence-corrected chi connectivity index (χ0v) is 9.36. The van der Waals surface area contributed by atoms with E-state index in [9.17, 15) is 0 Å². The first-order valence-electron chi connectivity index (χ1n) is 4.91. The molecule has 0 aliphatic carbocycles. The first-order chi connectivity index (χ1) is 7.17. The minimum absolute atomic E-state index is 0.0215. The number of pyridine rings is 1. The van der Waals surface area contributed by atoms with Crippen LogP contribution >= 0.6 is 0 Å². The average Bonchev–Trinajstić information content (AvgIpc) is 2.28. The monoisotopic (exact) mass is 204 g/mol. The molecular formula is C11H16N4. The highest BCUT2D eigenvalue weighted by Crippen LogP contribution is 2.16. The van der Waals surface area contributed by atoms with Crippen molar-refractivity contribution >= 4 is 11.4 Å². The normalized spacial score (nSPS) is 11.6. The van der Waals surface area contributed by atoms with Crippen LogP contribution in [0.3, 0.4) is 0 Å². The van der Waals surface area contributed by atoms with Gasteiger partial charge in [-0.25, -0.2) is 0 Å². The first kappa shape index (κ1) is 11.3. The number of hydrogen-bond donors (Lipinski definition) is 1. The molecule has 4 nitrogen and oxygen atoms in total. The highest BCUT2D eigenvalue weighted by Gasteiger charge is 2.06. The third kappa shape index (κ3) is 3.13. The van der Waals surface area contributed by atoms with Gasteiger partial charge >= 0.3 is 0 Å². The molecule has 0 saturated heterocycles. The maximum atomic E-state index is 8.73. The number of hydrogen-bond acceptors (Lipinski definition) is 4. The Morgan fingerprint density at radius 1 is 1.60 bits per heavy atom. The Balaban J connectivity index is 2.73. The topological polar surface area (TPSA) is 52.0 Å². The second kappa shape index (κ2) is 5.20. The van der Waals surface area contributed by atoms with Crippen LogP contribution < -0.4 is 10.2 Å². The summed E-state index contributed by atoms with van der Waals surface area (Å²) in [6.07, 6.45) is 3.57. The SMILES string of the molecule is CNc1cncc(N(C)CC(C)C#N)c1. The summed E-state index contributed by atoms with van der Waals surface area (Å²) in [4.78, 5) is 6.15. The molecule has 0 aliphatic heterocycles. The average molecular weight is 204 g/mol. The van der Waals surface area contributed by atoms with Gasteiger partial charge in [0.05, 0.1) is 35.8 Å². The number of nitrogens with zero attached hydrogens (tertiary/aromatic N) is 3. The number of nitrogens with one attached hydrogen (secondary N) is 1. The van der Waals surface area contributed by atoms with Gasteiger partial charge in [-0.15, -0.1) is 0 Å². The lowest BCUT2D eigenvalue weighted by molar-refractivity contribution is 0.715. The summed E-state index contributed by atoms with van der Waals surface area (Å²) in [5.41, 5.74) is 1.99. The molecule has 4 heteroatoms. The summed E-state index contributed by atoms with van der Waals surface area (Å²) in [6.45, 7) is 2.62. The molecular weight excluding hydrogens is 188 g/mol. The van der Waals surface area contributed by atoms with E-state index in [2.05, 4.69) is 16.4 Å². The highest BCUT2D eigenvalue weighted by molar-refractivity contribution is 5.54. The molecule has 1 rings (SSSR count). The van der Waals surface area contributed by atoms with Gasteiger partial charge in [-0.2, -0.15) is 5.26 Å². The van der Waals surface area contributed by atoms with E-state index in [1.54, 1.807) is 12.4 Å². The Morgan fingerprint density at radius 3 is 2.93 bits per heavy atom. The van der Waals surface area contributed by atoms with Gasteiger partial charge in [-0.1, -0.05) is 0 Å². The van der Waals surface area contributed by atoms with E-state index in [4.69, 9.17) is 5.26 Å². The molecule has 1 aromatic rings. The van der Waals surface area contributed by atoms with Crippen molar-refractivity contribution in [2.24, 2.45) is 5.92 Å². The van der Waals surface area contributed by atoms with Gasteiger partial charge in [0.2, 0.25) is 0 Å². The summed E-state index contributed by atoms with van der Waals surface area (Å²) in [5.74, 6) is 0.0215. The minimum atomic E-state index is 0.0215. The maximum Gasteiger partial charge on any atom is 0.0671 e. The fourth-order valence-corrected chi connectivity index (χ4v) is 1.33. The lowest BCUT2D eigenvalue weighted by Crippen LogP contribution is -2.23. The van der Waals surface area contributed by atoms with Crippen LogP contribution in [-0.2, 0) is 0 Å². The summed E-state index contributed by atoms with van der Waals surface area (Å²) in [7, 11) is 3.82. The lowest BCUT2D eigenvalue weighted by atomic mass is 10.2. The maximum absolute atomic E-state index is 8.73.